The zero-order valence-corrected chi connectivity index (χ0v) is 16.4. The summed E-state index contributed by atoms with van der Waals surface area (Å²) < 4.78 is 5.20. The third kappa shape index (κ3) is 3.61. The topological polar surface area (TPSA) is 58.6 Å². The molecule has 2 aromatic carbocycles. The van der Waals surface area contributed by atoms with Crippen molar-refractivity contribution in [1.29, 1.82) is 0 Å². The SMILES string of the molecule is COc1ccc([C@@H](C)NC(=O)[C@H]2c3ccccc3CCN2C(=O)C2CC2)cc1. The molecule has 2 atom stereocenters. The highest BCUT2D eigenvalue weighted by molar-refractivity contribution is 5.91. The molecule has 1 N–H and O–H groups in total. The predicted molar refractivity (Wildman–Crippen MR) is 107 cm³/mol. The quantitative estimate of drug-likeness (QED) is 0.867. The summed E-state index contributed by atoms with van der Waals surface area (Å²) in [6.45, 7) is 2.56. The molecule has 1 aliphatic heterocycles. The van der Waals surface area contributed by atoms with E-state index in [-0.39, 0.29) is 23.8 Å². The Kier molecular flexibility index (Phi) is 5.07. The molecular formula is C23H26N2O3. The number of amides is 2. The Hall–Kier alpha value is -2.82. The highest BCUT2D eigenvalue weighted by Crippen LogP contribution is 2.37. The Morgan fingerprint density at radius 3 is 2.50 bits per heavy atom. The zero-order valence-electron chi connectivity index (χ0n) is 16.4. The first-order chi connectivity index (χ1) is 13.6. The van der Waals surface area contributed by atoms with Crippen LogP contribution in [0.3, 0.4) is 0 Å². The molecule has 5 heteroatoms. The van der Waals surface area contributed by atoms with Crippen molar-refractivity contribution < 1.29 is 14.3 Å². The monoisotopic (exact) mass is 378 g/mol. The number of benzene rings is 2. The van der Waals surface area contributed by atoms with Crippen LogP contribution in [0.2, 0.25) is 0 Å². The molecule has 1 aliphatic carbocycles. The number of methoxy groups -OCH3 is 1. The number of fused-ring (bicyclic) bond motifs is 1. The van der Waals surface area contributed by atoms with Crippen LogP contribution in [-0.4, -0.2) is 30.4 Å². The summed E-state index contributed by atoms with van der Waals surface area (Å²) in [5.74, 6) is 0.875. The predicted octanol–water partition coefficient (Wildman–Crippen LogP) is 3.41. The van der Waals surface area contributed by atoms with Crippen molar-refractivity contribution in [2.24, 2.45) is 5.92 Å². The summed E-state index contributed by atoms with van der Waals surface area (Å²) in [6.07, 6.45) is 2.67. The van der Waals surface area contributed by atoms with E-state index in [1.54, 1.807) is 12.0 Å². The number of carbonyl (C=O) groups excluding carboxylic acids is 2. The van der Waals surface area contributed by atoms with Gasteiger partial charge in [0.25, 0.3) is 0 Å². The first-order valence-corrected chi connectivity index (χ1v) is 9.91. The molecule has 146 valence electrons. The largest absolute Gasteiger partial charge is 0.497 e. The summed E-state index contributed by atoms with van der Waals surface area (Å²) in [5, 5.41) is 3.11. The minimum absolute atomic E-state index is 0.0968. The fourth-order valence-electron chi connectivity index (χ4n) is 3.92. The van der Waals surface area contributed by atoms with Gasteiger partial charge in [-0.25, -0.2) is 0 Å². The van der Waals surface area contributed by atoms with Gasteiger partial charge in [0, 0.05) is 12.5 Å². The minimum atomic E-state index is -0.557. The molecule has 1 heterocycles. The van der Waals surface area contributed by atoms with E-state index in [0.29, 0.717) is 6.54 Å². The molecule has 5 nitrogen and oxygen atoms in total. The van der Waals surface area contributed by atoms with Gasteiger partial charge in [-0.15, -0.1) is 0 Å². The molecule has 1 fully saturated rings. The normalized spacial score (nSPS) is 19.5. The van der Waals surface area contributed by atoms with Crippen LogP contribution in [0.25, 0.3) is 0 Å². The molecule has 0 aromatic heterocycles. The lowest BCUT2D eigenvalue weighted by Gasteiger charge is -2.37. The van der Waals surface area contributed by atoms with E-state index in [0.717, 1.165) is 41.7 Å². The molecular weight excluding hydrogens is 352 g/mol. The van der Waals surface area contributed by atoms with Gasteiger partial charge in [0.05, 0.1) is 13.2 Å². The van der Waals surface area contributed by atoms with Crippen LogP contribution in [0.5, 0.6) is 5.75 Å². The molecule has 2 aliphatic rings. The number of hydrogen-bond acceptors (Lipinski definition) is 3. The Bertz CT molecular complexity index is 874. The fourth-order valence-corrected chi connectivity index (χ4v) is 3.92. The highest BCUT2D eigenvalue weighted by atomic mass is 16.5. The lowest BCUT2D eigenvalue weighted by molar-refractivity contribution is -0.142. The summed E-state index contributed by atoms with van der Waals surface area (Å²) >= 11 is 0. The molecule has 2 aromatic rings. The van der Waals surface area contributed by atoms with Crippen molar-refractivity contribution in [1.82, 2.24) is 10.2 Å². The first kappa shape index (κ1) is 18.5. The highest BCUT2D eigenvalue weighted by Gasteiger charge is 2.41. The van der Waals surface area contributed by atoms with E-state index in [1.807, 2.05) is 49.4 Å². The molecule has 0 radical (unpaired) electrons. The average molecular weight is 378 g/mol. The second-order valence-electron chi connectivity index (χ2n) is 7.66. The maximum atomic E-state index is 13.3. The fraction of sp³-hybridized carbons (Fsp3) is 0.391. The Labute approximate surface area is 165 Å². The van der Waals surface area contributed by atoms with Crippen molar-refractivity contribution in [3.63, 3.8) is 0 Å². The number of hydrogen-bond donors (Lipinski definition) is 1. The van der Waals surface area contributed by atoms with Gasteiger partial charge in [-0.2, -0.15) is 0 Å². The number of nitrogens with zero attached hydrogens (tertiary/aromatic N) is 1. The smallest absolute Gasteiger partial charge is 0.247 e. The number of carbonyl (C=O) groups is 2. The van der Waals surface area contributed by atoms with Crippen molar-refractivity contribution >= 4 is 11.8 Å². The van der Waals surface area contributed by atoms with Crippen LogP contribution in [-0.2, 0) is 16.0 Å². The maximum Gasteiger partial charge on any atom is 0.247 e. The molecule has 0 unspecified atom stereocenters. The van der Waals surface area contributed by atoms with Crippen LogP contribution in [0.4, 0.5) is 0 Å². The van der Waals surface area contributed by atoms with Crippen LogP contribution in [0, 0.1) is 5.92 Å². The van der Waals surface area contributed by atoms with E-state index in [9.17, 15) is 9.59 Å². The molecule has 28 heavy (non-hydrogen) atoms. The molecule has 4 rings (SSSR count). The van der Waals surface area contributed by atoms with Gasteiger partial charge in [0.1, 0.15) is 11.8 Å². The van der Waals surface area contributed by atoms with Gasteiger partial charge in [-0.05, 0) is 55.0 Å². The number of nitrogens with one attached hydrogen (secondary N) is 1. The van der Waals surface area contributed by atoms with Crippen LogP contribution < -0.4 is 10.1 Å². The molecule has 0 saturated heterocycles. The van der Waals surface area contributed by atoms with E-state index in [2.05, 4.69) is 11.4 Å². The van der Waals surface area contributed by atoms with Gasteiger partial charge in [0.15, 0.2) is 0 Å². The molecule has 0 spiro atoms. The van der Waals surface area contributed by atoms with E-state index < -0.39 is 6.04 Å². The summed E-state index contributed by atoms with van der Waals surface area (Å²) in [4.78, 5) is 27.9. The van der Waals surface area contributed by atoms with Crippen molar-refractivity contribution in [3.05, 3.63) is 65.2 Å². The maximum absolute atomic E-state index is 13.3. The van der Waals surface area contributed by atoms with E-state index in [1.165, 1.54) is 0 Å². The number of ether oxygens (including phenoxy) is 1. The average Bonchev–Trinajstić information content (AvgIpc) is 3.57. The Morgan fingerprint density at radius 2 is 1.82 bits per heavy atom. The minimum Gasteiger partial charge on any atom is -0.497 e. The zero-order chi connectivity index (χ0) is 19.7. The van der Waals surface area contributed by atoms with Gasteiger partial charge in [0.2, 0.25) is 11.8 Å². The second kappa shape index (κ2) is 7.66. The Morgan fingerprint density at radius 1 is 1.11 bits per heavy atom. The van der Waals surface area contributed by atoms with Crippen LogP contribution in [0.15, 0.2) is 48.5 Å². The number of rotatable bonds is 5. The Balaban J connectivity index is 1.57. The standard InChI is InChI=1S/C23H26N2O3/c1-15(16-9-11-19(28-2)12-10-16)24-22(26)21-20-6-4-3-5-17(20)13-14-25(21)23(27)18-7-8-18/h3-6,9-12,15,18,21H,7-8,13-14H2,1-2H3,(H,24,26)/t15-,21-/m1/s1. The van der Waals surface area contributed by atoms with Gasteiger partial charge >= 0.3 is 0 Å². The summed E-state index contributed by atoms with van der Waals surface area (Å²) in [6, 6.07) is 14.9. The second-order valence-corrected chi connectivity index (χ2v) is 7.66. The van der Waals surface area contributed by atoms with E-state index >= 15 is 0 Å². The lowest BCUT2D eigenvalue weighted by atomic mass is 9.91. The lowest BCUT2D eigenvalue weighted by Crippen LogP contribution is -2.48. The van der Waals surface area contributed by atoms with Crippen molar-refractivity contribution in [2.75, 3.05) is 13.7 Å². The third-order valence-corrected chi connectivity index (χ3v) is 5.72. The van der Waals surface area contributed by atoms with Gasteiger partial charge in [-0.1, -0.05) is 36.4 Å². The molecule has 1 saturated carbocycles. The third-order valence-electron chi connectivity index (χ3n) is 5.72. The van der Waals surface area contributed by atoms with Crippen molar-refractivity contribution in [2.45, 2.75) is 38.3 Å². The van der Waals surface area contributed by atoms with Crippen LogP contribution in [0.1, 0.15) is 48.5 Å². The molecule has 0 bridgehead atoms. The summed E-state index contributed by atoms with van der Waals surface area (Å²) in [5.41, 5.74) is 3.10. The molecule has 2 amide bonds. The first-order valence-electron chi connectivity index (χ1n) is 9.91. The van der Waals surface area contributed by atoms with Gasteiger partial charge < -0.3 is 15.0 Å². The van der Waals surface area contributed by atoms with Gasteiger partial charge in [-0.3, -0.25) is 9.59 Å². The van der Waals surface area contributed by atoms with Crippen LogP contribution >= 0.6 is 0 Å². The summed E-state index contributed by atoms with van der Waals surface area (Å²) in [7, 11) is 1.63. The van der Waals surface area contributed by atoms with Crippen molar-refractivity contribution in [3.8, 4) is 5.75 Å². The van der Waals surface area contributed by atoms with E-state index in [4.69, 9.17) is 4.74 Å².